The van der Waals surface area contributed by atoms with E-state index < -0.39 is 0 Å². The van der Waals surface area contributed by atoms with Gasteiger partial charge in [0.15, 0.2) is 0 Å². The van der Waals surface area contributed by atoms with E-state index in [0.717, 1.165) is 22.3 Å². The molecule has 0 unspecified atom stereocenters. The van der Waals surface area contributed by atoms with Crippen molar-refractivity contribution in [2.24, 2.45) is 7.05 Å². The highest BCUT2D eigenvalue weighted by atomic mass is 16.2. The molecule has 0 aliphatic heterocycles. The van der Waals surface area contributed by atoms with E-state index in [1.165, 1.54) is 5.56 Å². The summed E-state index contributed by atoms with van der Waals surface area (Å²) in [7, 11) is 1.94. The highest BCUT2D eigenvalue weighted by Gasteiger charge is 2.17. The van der Waals surface area contributed by atoms with Gasteiger partial charge in [-0.15, -0.1) is 0 Å². The number of aromatic nitrogens is 3. The standard InChI is InChI=1S/C19H24N4O/c1-12-7-6-8-16-10-17(22(5)18(12)16)19(24)20-14(3)11-23-15(4)9-13(2)21-23/h6-10,14H,11H2,1-5H3,(H,20,24)/t14-/m0/s1. The quantitative estimate of drug-likeness (QED) is 0.801. The molecule has 1 amide bonds. The van der Waals surface area contributed by atoms with E-state index in [1.807, 2.05) is 61.3 Å². The first kappa shape index (κ1) is 16.3. The van der Waals surface area contributed by atoms with Gasteiger partial charge in [-0.05, 0) is 45.4 Å². The molecule has 0 saturated carbocycles. The Morgan fingerprint density at radius 2 is 2.00 bits per heavy atom. The Bertz CT molecular complexity index is 904. The monoisotopic (exact) mass is 324 g/mol. The molecule has 0 aliphatic rings. The van der Waals surface area contributed by atoms with Crippen molar-refractivity contribution in [3.8, 4) is 0 Å². The molecule has 0 aliphatic carbocycles. The fraction of sp³-hybridized carbons (Fsp3) is 0.368. The molecule has 3 aromatic rings. The van der Waals surface area contributed by atoms with Gasteiger partial charge in [-0.2, -0.15) is 5.10 Å². The smallest absolute Gasteiger partial charge is 0.268 e. The van der Waals surface area contributed by atoms with Crippen molar-refractivity contribution in [1.29, 1.82) is 0 Å². The van der Waals surface area contributed by atoms with Crippen molar-refractivity contribution in [1.82, 2.24) is 19.7 Å². The Morgan fingerprint density at radius 1 is 1.25 bits per heavy atom. The van der Waals surface area contributed by atoms with Gasteiger partial charge in [0, 0.05) is 24.2 Å². The molecule has 24 heavy (non-hydrogen) atoms. The number of para-hydroxylation sites is 1. The molecule has 1 atom stereocenters. The summed E-state index contributed by atoms with van der Waals surface area (Å²) in [6.07, 6.45) is 0. The zero-order valence-electron chi connectivity index (χ0n) is 14.9. The maximum atomic E-state index is 12.7. The molecule has 0 radical (unpaired) electrons. The summed E-state index contributed by atoms with van der Waals surface area (Å²) in [5, 5.41) is 8.63. The number of nitrogens with one attached hydrogen (secondary N) is 1. The molecule has 2 heterocycles. The van der Waals surface area contributed by atoms with Crippen molar-refractivity contribution in [3.63, 3.8) is 0 Å². The molecule has 5 nitrogen and oxygen atoms in total. The van der Waals surface area contributed by atoms with Crippen LogP contribution in [0.5, 0.6) is 0 Å². The van der Waals surface area contributed by atoms with Crippen LogP contribution < -0.4 is 5.32 Å². The second-order valence-corrected chi connectivity index (χ2v) is 6.59. The van der Waals surface area contributed by atoms with E-state index in [2.05, 4.69) is 23.4 Å². The topological polar surface area (TPSA) is 51.9 Å². The first-order valence-electron chi connectivity index (χ1n) is 8.23. The highest BCUT2D eigenvalue weighted by Crippen LogP contribution is 2.22. The van der Waals surface area contributed by atoms with Crippen LogP contribution in [-0.2, 0) is 13.6 Å². The number of benzene rings is 1. The summed E-state index contributed by atoms with van der Waals surface area (Å²) < 4.78 is 3.90. The van der Waals surface area contributed by atoms with E-state index in [0.29, 0.717) is 12.2 Å². The third-order valence-electron chi connectivity index (χ3n) is 4.42. The third-order valence-corrected chi connectivity index (χ3v) is 4.42. The first-order chi connectivity index (χ1) is 11.4. The lowest BCUT2D eigenvalue weighted by Gasteiger charge is -2.15. The molecule has 0 fully saturated rings. The molecule has 2 aromatic heterocycles. The number of fused-ring (bicyclic) bond motifs is 1. The van der Waals surface area contributed by atoms with Gasteiger partial charge in [-0.3, -0.25) is 9.48 Å². The van der Waals surface area contributed by atoms with Crippen LogP contribution in [0.15, 0.2) is 30.3 Å². The number of amides is 1. The van der Waals surface area contributed by atoms with Crippen LogP contribution in [-0.4, -0.2) is 26.3 Å². The molecular formula is C19H24N4O. The number of nitrogens with zero attached hydrogens (tertiary/aromatic N) is 3. The number of hydrogen-bond donors (Lipinski definition) is 1. The van der Waals surface area contributed by atoms with E-state index >= 15 is 0 Å². The fourth-order valence-electron chi connectivity index (χ4n) is 3.30. The molecule has 1 N–H and O–H groups in total. The Kier molecular flexibility index (Phi) is 4.18. The number of carbonyl (C=O) groups is 1. The van der Waals surface area contributed by atoms with E-state index in [-0.39, 0.29) is 11.9 Å². The Morgan fingerprint density at radius 3 is 2.62 bits per heavy atom. The lowest BCUT2D eigenvalue weighted by atomic mass is 10.2. The number of carbonyl (C=O) groups excluding carboxylic acids is 1. The van der Waals surface area contributed by atoms with Crippen LogP contribution in [0.4, 0.5) is 0 Å². The maximum Gasteiger partial charge on any atom is 0.268 e. The van der Waals surface area contributed by atoms with Crippen LogP contribution in [0.2, 0.25) is 0 Å². The Labute approximate surface area is 142 Å². The van der Waals surface area contributed by atoms with E-state index in [1.54, 1.807) is 0 Å². The lowest BCUT2D eigenvalue weighted by Crippen LogP contribution is -2.37. The third kappa shape index (κ3) is 2.94. The summed E-state index contributed by atoms with van der Waals surface area (Å²) in [5.74, 6) is -0.0536. The van der Waals surface area contributed by atoms with Gasteiger partial charge in [0.1, 0.15) is 5.69 Å². The van der Waals surface area contributed by atoms with Gasteiger partial charge in [-0.25, -0.2) is 0 Å². The van der Waals surface area contributed by atoms with Crippen molar-refractivity contribution in [2.75, 3.05) is 0 Å². The normalized spacial score (nSPS) is 12.5. The van der Waals surface area contributed by atoms with Gasteiger partial charge in [0.05, 0.1) is 17.8 Å². The summed E-state index contributed by atoms with van der Waals surface area (Å²) in [6, 6.07) is 10.1. The SMILES string of the molecule is Cc1cc(C)n(C[C@H](C)NC(=O)c2cc3cccc(C)c3n2C)n1. The lowest BCUT2D eigenvalue weighted by molar-refractivity contribution is 0.0928. The summed E-state index contributed by atoms with van der Waals surface area (Å²) >= 11 is 0. The largest absolute Gasteiger partial charge is 0.346 e. The molecule has 3 rings (SSSR count). The summed E-state index contributed by atoms with van der Waals surface area (Å²) in [5.41, 5.74) is 5.06. The van der Waals surface area contributed by atoms with Crippen LogP contribution in [0.1, 0.15) is 34.4 Å². The van der Waals surface area contributed by atoms with Crippen LogP contribution in [0, 0.1) is 20.8 Å². The van der Waals surface area contributed by atoms with Crippen molar-refractivity contribution in [3.05, 3.63) is 53.0 Å². The van der Waals surface area contributed by atoms with Gasteiger partial charge in [0.2, 0.25) is 0 Å². The zero-order valence-corrected chi connectivity index (χ0v) is 14.9. The number of hydrogen-bond acceptors (Lipinski definition) is 2. The second kappa shape index (κ2) is 6.15. The van der Waals surface area contributed by atoms with Gasteiger partial charge in [-0.1, -0.05) is 18.2 Å². The molecule has 1 aromatic carbocycles. The average Bonchev–Trinajstić information content (AvgIpc) is 3.00. The average molecular weight is 324 g/mol. The van der Waals surface area contributed by atoms with Crippen LogP contribution in [0.25, 0.3) is 10.9 Å². The number of aryl methyl sites for hydroxylation is 4. The van der Waals surface area contributed by atoms with Gasteiger partial charge >= 0.3 is 0 Å². The predicted octanol–water partition coefficient (Wildman–Crippen LogP) is 3.12. The molecule has 5 heteroatoms. The van der Waals surface area contributed by atoms with Crippen LogP contribution >= 0.6 is 0 Å². The molecular weight excluding hydrogens is 300 g/mol. The van der Waals surface area contributed by atoms with E-state index in [4.69, 9.17) is 0 Å². The first-order valence-corrected chi connectivity index (χ1v) is 8.23. The minimum atomic E-state index is -0.0536. The number of rotatable bonds is 4. The van der Waals surface area contributed by atoms with E-state index in [9.17, 15) is 4.79 Å². The summed E-state index contributed by atoms with van der Waals surface area (Å²) in [6.45, 7) is 8.73. The Balaban J connectivity index is 1.78. The van der Waals surface area contributed by atoms with Gasteiger partial charge < -0.3 is 9.88 Å². The second-order valence-electron chi connectivity index (χ2n) is 6.59. The molecule has 0 spiro atoms. The van der Waals surface area contributed by atoms with Crippen molar-refractivity contribution in [2.45, 2.75) is 40.3 Å². The molecule has 0 bridgehead atoms. The van der Waals surface area contributed by atoms with Gasteiger partial charge in [0.25, 0.3) is 5.91 Å². The fourth-order valence-corrected chi connectivity index (χ4v) is 3.30. The molecule has 126 valence electrons. The minimum absolute atomic E-state index is 0.00499. The zero-order chi connectivity index (χ0) is 17.4. The van der Waals surface area contributed by atoms with Crippen molar-refractivity contribution < 1.29 is 4.79 Å². The van der Waals surface area contributed by atoms with Crippen molar-refractivity contribution >= 4 is 16.8 Å². The molecule has 0 saturated heterocycles. The summed E-state index contributed by atoms with van der Waals surface area (Å²) in [4.78, 5) is 12.7. The highest BCUT2D eigenvalue weighted by molar-refractivity contribution is 5.99. The predicted molar refractivity (Wildman–Crippen MR) is 96.3 cm³/mol. The minimum Gasteiger partial charge on any atom is -0.346 e. The Hall–Kier alpha value is -2.56. The maximum absolute atomic E-state index is 12.7. The van der Waals surface area contributed by atoms with Crippen LogP contribution in [0.3, 0.4) is 0 Å².